The Labute approximate surface area is 101 Å². The van der Waals surface area contributed by atoms with E-state index in [1.54, 1.807) is 6.07 Å². The van der Waals surface area contributed by atoms with Crippen molar-refractivity contribution in [3.63, 3.8) is 0 Å². The average molecular weight is 236 g/mol. The molecule has 0 aliphatic carbocycles. The highest BCUT2D eigenvalue weighted by Gasteiger charge is 2.02. The summed E-state index contributed by atoms with van der Waals surface area (Å²) in [7, 11) is 0. The van der Waals surface area contributed by atoms with Crippen molar-refractivity contribution in [2.45, 2.75) is 19.9 Å². The third-order valence-electron chi connectivity index (χ3n) is 2.34. The summed E-state index contributed by atoms with van der Waals surface area (Å²) in [6.07, 6.45) is 0.896. The van der Waals surface area contributed by atoms with Gasteiger partial charge in [0.05, 0.1) is 11.6 Å². The fourth-order valence-corrected chi connectivity index (χ4v) is 1.45. The molecule has 0 bridgehead atoms. The Bertz CT molecular complexity index is 387. The molecule has 0 amide bonds. The van der Waals surface area contributed by atoms with Gasteiger partial charge in [0.2, 0.25) is 0 Å². The molecule has 0 unspecified atom stereocenters. The largest absolute Gasteiger partial charge is 0.382 e. The van der Waals surface area contributed by atoms with Crippen LogP contribution >= 0.6 is 0 Å². The first-order valence-corrected chi connectivity index (χ1v) is 5.75. The number of nitriles is 1. The summed E-state index contributed by atoms with van der Waals surface area (Å²) >= 11 is 0. The molecule has 1 aromatic rings. The summed E-state index contributed by atoms with van der Waals surface area (Å²) in [5.74, 6) is -0.277. The Hall–Kier alpha value is -1.44. The molecule has 17 heavy (non-hydrogen) atoms. The van der Waals surface area contributed by atoms with Crippen LogP contribution < -0.4 is 5.32 Å². The molecule has 1 N–H and O–H groups in total. The molecule has 0 spiro atoms. The molecular formula is C13H17FN2O. The second kappa shape index (κ2) is 7.77. The van der Waals surface area contributed by atoms with Crippen LogP contribution in [0.4, 0.5) is 4.39 Å². The zero-order chi connectivity index (χ0) is 12.5. The van der Waals surface area contributed by atoms with Gasteiger partial charge in [-0.25, -0.2) is 4.39 Å². The highest BCUT2D eigenvalue weighted by atomic mass is 19.1. The highest BCUT2D eigenvalue weighted by Crippen LogP contribution is 2.09. The molecule has 4 heteroatoms. The summed E-state index contributed by atoms with van der Waals surface area (Å²) in [5, 5.41) is 11.8. The van der Waals surface area contributed by atoms with Crippen molar-refractivity contribution in [1.82, 2.24) is 5.32 Å². The third-order valence-corrected chi connectivity index (χ3v) is 2.34. The van der Waals surface area contributed by atoms with Crippen LogP contribution in [0.2, 0.25) is 0 Å². The van der Waals surface area contributed by atoms with Gasteiger partial charge >= 0.3 is 0 Å². The molecule has 0 aliphatic heterocycles. The number of nitrogens with zero attached hydrogens (tertiary/aromatic N) is 1. The van der Waals surface area contributed by atoms with Gasteiger partial charge in [-0.1, -0.05) is 0 Å². The van der Waals surface area contributed by atoms with E-state index < -0.39 is 0 Å². The Kier molecular flexibility index (Phi) is 6.23. The monoisotopic (exact) mass is 236 g/mol. The van der Waals surface area contributed by atoms with Crippen molar-refractivity contribution in [3.05, 3.63) is 35.1 Å². The summed E-state index contributed by atoms with van der Waals surface area (Å²) in [5.41, 5.74) is 1.01. The standard InChI is InChI=1S/C13H17FN2O/c1-2-17-7-3-6-16-10-12-8-11(9-15)4-5-13(12)14/h4-5,8,16H,2-3,6-7,10H2,1H3. The van der Waals surface area contributed by atoms with E-state index in [2.05, 4.69) is 5.32 Å². The fraction of sp³-hybridized carbons (Fsp3) is 0.462. The predicted octanol–water partition coefficient (Wildman–Crippen LogP) is 2.21. The maximum Gasteiger partial charge on any atom is 0.127 e. The van der Waals surface area contributed by atoms with Crippen LogP contribution in [0.3, 0.4) is 0 Å². The lowest BCUT2D eigenvalue weighted by molar-refractivity contribution is 0.144. The summed E-state index contributed by atoms with van der Waals surface area (Å²) in [4.78, 5) is 0. The van der Waals surface area contributed by atoms with E-state index in [-0.39, 0.29) is 5.82 Å². The summed E-state index contributed by atoms with van der Waals surface area (Å²) in [6.45, 7) is 4.60. The maximum absolute atomic E-state index is 13.4. The fourth-order valence-electron chi connectivity index (χ4n) is 1.45. The van der Waals surface area contributed by atoms with Gasteiger partial charge in [-0.3, -0.25) is 0 Å². The van der Waals surface area contributed by atoms with Gasteiger partial charge in [0.15, 0.2) is 0 Å². The van der Waals surface area contributed by atoms with Crippen molar-refractivity contribution in [3.8, 4) is 6.07 Å². The normalized spacial score (nSPS) is 10.2. The van der Waals surface area contributed by atoms with Crippen LogP contribution in [0.1, 0.15) is 24.5 Å². The van der Waals surface area contributed by atoms with Gasteiger partial charge in [-0.05, 0) is 38.1 Å². The first-order chi connectivity index (χ1) is 8.27. The van der Waals surface area contributed by atoms with E-state index >= 15 is 0 Å². The van der Waals surface area contributed by atoms with E-state index in [1.165, 1.54) is 12.1 Å². The quantitative estimate of drug-likeness (QED) is 0.738. The zero-order valence-electron chi connectivity index (χ0n) is 10.0. The molecule has 0 saturated carbocycles. The number of hydrogen-bond donors (Lipinski definition) is 1. The Morgan fingerprint density at radius 3 is 3.00 bits per heavy atom. The lowest BCUT2D eigenvalue weighted by Gasteiger charge is -2.06. The van der Waals surface area contributed by atoms with Crippen molar-refractivity contribution >= 4 is 0 Å². The molecule has 0 saturated heterocycles. The Morgan fingerprint density at radius 2 is 2.29 bits per heavy atom. The lowest BCUT2D eigenvalue weighted by atomic mass is 10.1. The van der Waals surface area contributed by atoms with E-state index in [9.17, 15) is 4.39 Å². The van der Waals surface area contributed by atoms with E-state index in [0.29, 0.717) is 24.3 Å². The number of ether oxygens (including phenoxy) is 1. The average Bonchev–Trinajstić information content (AvgIpc) is 2.35. The maximum atomic E-state index is 13.4. The van der Waals surface area contributed by atoms with Gasteiger partial charge < -0.3 is 10.1 Å². The molecule has 0 fully saturated rings. The van der Waals surface area contributed by atoms with Crippen molar-refractivity contribution in [2.24, 2.45) is 0 Å². The SMILES string of the molecule is CCOCCCNCc1cc(C#N)ccc1F. The minimum Gasteiger partial charge on any atom is -0.382 e. The Balaban J connectivity index is 2.33. The van der Waals surface area contributed by atoms with Gasteiger partial charge in [-0.2, -0.15) is 5.26 Å². The first kappa shape index (κ1) is 13.6. The molecule has 0 aliphatic rings. The van der Waals surface area contributed by atoms with Crippen molar-refractivity contribution in [1.29, 1.82) is 5.26 Å². The van der Waals surface area contributed by atoms with Crippen LogP contribution in [0, 0.1) is 17.1 Å². The minimum atomic E-state index is -0.277. The van der Waals surface area contributed by atoms with Crippen molar-refractivity contribution < 1.29 is 9.13 Å². The van der Waals surface area contributed by atoms with E-state index in [0.717, 1.165) is 19.6 Å². The van der Waals surface area contributed by atoms with E-state index in [4.69, 9.17) is 10.00 Å². The molecule has 0 radical (unpaired) electrons. The molecule has 92 valence electrons. The first-order valence-electron chi connectivity index (χ1n) is 5.75. The number of nitrogens with one attached hydrogen (secondary N) is 1. The van der Waals surface area contributed by atoms with Crippen LogP contribution in [-0.4, -0.2) is 19.8 Å². The molecular weight excluding hydrogens is 219 g/mol. The highest BCUT2D eigenvalue weighted by molar-refractivity contribution is 5.33. The van der Waals surface area contributed by atoms with Crippen LogP contribution in [0.5, 0.6) is 0 Å². The van der Waals surface area contributed by atoms with Crippen LogP contribution in [0.15, 0.2) is 18.2 Å². The van der Waals surface area contributed by atoms with Crippen LogP contribution in [0.25, 0.3) is 0 Å². The zero-order valence-corrected chi connectivity index (χ0v) is 10.0. The topological polar surface area (TPSA) is 45.0 Å². The second-order valence-electron chi connectivity index (χ2n) is 3.65. The van der Waals surface area contributed by atoms with E-state index in [1.807, 2.05) is 13.0 Å². The predicted molar refractivity (Wildman–Crippen MR) is 63.9 cm³/mol. The van der Waals surface area contributed by atoms with Crippen molar-refractivity contribution in [2.75, 3.05) is 19.8 Å². The smallest absolute Gasteiger partial charge is 0.127 e. The number of hydrogen-bond acceptors (Lipinski definition) is 3. The van der Waals surface area contributed by atoms with Gasteiger partial charge in [0.1, 0.15) is 5.82 Å². The summed E-state index contributed by atoms with van der Waals surface area (Å²) < 4.78 is 18.6. The van der Waals surface area contributed by atoms with Crippen LogP contribution in [-0.2, 0) is 11.3 Å². The minimum absolute atomic E-state index is 0.277. The summed E-state index contributed by atoms with van der Waals surface area (Å²) in [6, 6.07) is 6.38. The van der Waals surface area contributed by atoms with Gasteiger partial charge in [0, 0.05) is 25.3 Å². The lowest BCUT2D eigenvalue weighted by Crippen LogP contribution is -2.17. The number of rotatable bonds is 7. The van der Waals surface area contributed by atoms with Gasteiger partial charge in [-0.15, -0.1) is 0 Å². The molecule has 3 nitrogen and oxygen atoms in total. The third kappa shape index (κ3) is 4.94. The molecule has 1 aromatic carbocycles. The molecule has 0 aromatic heterocycles. The number of halogens is 1. The second-order valence-corrected chi connectivity index (χ2v) is 3.65. The number of benzene rings is 1. The molecule has 1 rings (SSSR count). The molecule has 0 atom stereocenters. The Morgan fingerprint density at radius 1 is 1.47 bits per heavy atom. The molecule has 0 heterocycles. The van der Waals surface area contributed by atoms with Gasteiger partial charge in [0.25, 0.3) is 0 Å².